The van der Waals surface area contributed by atoms with Gasteiger partial charge in [0.05, 0.1) is 17.4 Å². The molecule has 2 aliphatic rings. The van der Waals surface area contributed by atoms with E-state index in [0.29, 0.717) is 24.7 Å². The molecule has 1 amide bonds. The number of para-hydroxylation sites is 1. The van der Waals surface area contributed by atoms with Crippen LogP contribution in [0.15, 0.2) is 90.0 Å². The predicted molar refractivity (Wildman–Crippen MR) is 122 cm³/mol. The number of hydrogen-bond acceptors (Lipinski definition) is 6. The summed E-state index contributed by atoms with van der Waals surface area (Å²) in [5, 5.41) is 5.32. The molecule has 2 aromatic carbocycles. The number of carbonyl (C=O) groups is 1. The normalized spacial score (nSPS) is 19.2. The highest BCUT2D eigenvalue weighted by atomic mass is 16.5. The van der Waals surface area contributed by atoms with E-state index in [0.717, 1.165) is 27.1 Å². The number of rotatable bonds is 0. The lowest BCUT2D eigenvalue weighted by molar-refractivity contribution is -0.120. The molecule has 0 unspecified atom stereocenters. The predicted octanol–water partition coefficient (Wildman–Crippen LogP) is 2.14. The van der Waals surface area contributed by atoms with E-state index >= 15 is 0 Å². The van der Waals surface area contributed by atoms with Crippen molar-refractivity contribution in [2.75, 3.05) is 19.7 Å². The molecule has 3 aromatic rings. The van der Waals surface area contributed by atoms with Crippen molar-refractivity contribution in [3.63, 3.8) is 0 Å². The molecule has 0 aliphatic carbocycles. The topological polar surface area (TPSA) is 79.7 Å². The molecule has 3 heterocycles. The van der Waals surface area contributed by atoms with E-state index in [-0.39, 0.29) is 12.5 Å². The van der Waals surface area contributed by atoms with Gasteiger partial charge in [0.2, 0.25) is 5.91 Å². The SMILES string of the molecule is O=C1CN2C=CC=C(COc3ccc4ncnc(c4c3)/N=c3/cccc/c3=C/C=C\N1)C2. The number of amides is 1. The average molecular weight is 423 g/mol. The second-order valence-electron chi connectivity index (χ2n) is 7.50. The van der Waals surface area contributed by atoms with Gasteiger partial charge in [0.15, 0.2) is 5.82 Å². The van der Waals surface area contributed by atoms with Gasteiger partial charge in [-0.05, 0) is 48.2 Å². The lowest BCUT2D eigenvalue weighted by Crippen LogP contribution is -2.34. The number of benzene rings is 2. The number of carbonyl (C=O) groups excluding carboxylic acids is 1. The second kappa shape index (κ2) is 8.85. The lowest BCUT2D eigenvalue weighted by atomic mass is 10.2. The summed E-state index contributed by atoms with van der Waals surface area (Å²) in [5.74, 6) is 1.20. The maximum atomic E-state index is 12.3. The maximum absolute atomic E-state index is 12.3. The van der Waals surface area contributed by atoms with Gasteiger partial charge in [-0.1, -0.05) is 30.4 Å². The van der Waals surface area contributed by atoms with Crippen molar-refractivity contribution in [3.05, 3.63) is 95.6 Å². The van der Waals surface area contributed by atoms with Crippen LogP contribution < -0.4 is 20.6 Å². The van der Waals surface area contributed by atoms with Crippen molar-refractivity contribution in [2.45, 2.75) is 0 Å². The Bertz CT molecular complexity index is 1390. The van der Waals surface area contributed by atoms with Gasteiger partial charge in [0.25, 0.3) is 0 Å². The fourth-order valence-electron chi connectivity index (χ4n) is 3.61. The van der Waals surface area contributed by atoms with Gasteiger partial charge < -0.3 is 15.0 Å². The minimum atomic E-state index is -0.0864. The van der Waals surface area contributed by atoms with Crippen molar-refractivity contribution < 1.29 is 9.53 Å². The molecule has 0 radical (unpaired) electrons. The zero-order valence-electron chi connectivity index (χ0n) is 17.3. The smallest absolute Gasteiger partial charge is 0.243 e. The average Bonchev–Trinajstić information content (AvgIpc) is 2.81. The van der Waals surface area contributed by atoms with E-state index in [4.69, 9.17) is 9.73 Å². The zero-order chi connectivity index (χ0) is 21.8. The first-order valence-electron chi connectivity index (χ1n) is 10.3. The molecular weight excluding hydrogens is 402 g/mol. The Balaban J connectivity index is 1.63. The Morgan fingerprint density at radius 3 is 2.91 bits per heavy atom. The highest BCUT2D eigenvalue weighted by Crippen LogP contribution is 2.26. The first kappa shape index (κ1) is 19.7. The van der Waals surface area contributed by atoms with Crippen molar-refractivity contribution in [1.82, 2.24) is 20.2 Å². The van der Waals surface area contributed by atoms with Crippen LogP contribution in [0.25, 0.3) is 17.0 Å². The molecule has 0 fully saturated rings. The van der Waals surface area contributed by atoms with E-state index in [9.17, 15) is 4.79 Å². The maximum Gasteiger partial charge on any atom is 0.243 e. The van der Waals surface area contributed by atoms with Gasteiger partial charge >= 0.3 is 0 Å². The largest absolute Gasteiger partial charge is 0.489 e. The molecule has 0 saturated carbocycles. The first-order valence-corrected chi connectivity index (χ1v) is 10.3. The minimum absolute atomic E-state index is 0.0864. The quantitative estimate of drug-likeness (QED) is 0.599. The summed E-state index contributed by atoms with van der Waals surface area (Å²) in [6.07, 6.45) is 12.7. The molecule has 1 N–H and O–H groups in total. The zero-order valence-corrected chi connectivity index (χ0v) is 17.3. The Morgan fingerprint density at radius 1 is 1.00 bits per heavy atom. The monoisotopic (exact) mass is 423 g/mol. The van der Waals surface area contributed by atoms with E-state index in [1.165, 1.54) is 6.33 Å². The van der Waals surface area contributed by atoms with E-state index in [1.807, 2.05) is 71.8 Å². The Labute approximate surface area is 184 Å². The summed E-state index contributed by atoms with van der Waals surface area (Å²) >= 11 is 0. The molecule has 158 valence electrons. The van der Waals surface area contributed by atoms with Crippen molar-refractivity contribution >= 4 is 28.7 Å². The molecule has 0 atom stereocenters. The van der Waals surface area contributed by atoms with Crippen LogP contribution in [0.2, 0.25) is 0 Å². The molecule has 0 spiro atoms. The molecule has 7 heteroatoms. The fraction of sp³-hybridized carbons (Fsp3) is 0.120. The van der Waals surface area contributed by atoms with Gasteiger partial charge in [-0.15, -0.1) is 0 Å². The third kappa shape index (κ3) is 4.41. The fourth-order valence-corrected chi connectivity index (χ4v) is 3.61. The summed E-state index contributed by atoms with van der Waals surface area (Å²) in [6, 6.07) is 13.5. The number of hydrogen-bond donors (Lipinski definition) is 1. The summed E-state index contributed by atoms with van der Waals surface area (Å²) in [6.45, 7) is 1.32. The summed E-state index contributed by atoms with van der Waals surface area (Å²) in [4.78, 5) is 27.8. The van der Waals surface area contributed by atoms with Gasteiger partial charge in [0.1, 0.15) is 18.7 Å². The highest BCUT2D eigenvalue weighted by Gasteiger charge is 2.12. The van der Waals surface area contributed by atoms with Crippen molar-refractivity contribution in [1.29, 1.82) is 0 Å². The van der Waals surface area contributed by atoms with E-state index in [2.05, 4.69) is 15.3 Å². The Morgan fingerprint density at radius 2 is 1.94 bits per heavy atom. The van der Waals surface area contributed by atoms with Gasteiger partial charge in [-0.25, -0.2) is 15.0 Å². The van der Waals surface area contributed by atoms with Crippen LogP contribution in [-0.2, 0) is 4.79 Å². The Kier molecular flexibility index (Phi) is 5.45. The van der Waals surface area contributed by atoms with E-state index < -0.39 is 0 Å². The number of nitrogens with one attached hydrogen (secondary N) is 1. The minimum Gasteiger partial charge on any atom is -0.489 e. The number of allylic oxidation sites excluding steroid dienone is 3. The molecule has 32 heavy (non-hydrogen) atoms. The van der Waals surface area contributed by atoms with Crippen molar-refractivity contribution in [2.24, 2.45) is 4.99 Å². The van der Waals surface area contributed by atoms with Gasteiger partial charge in [0, 0.05) is 23.3 Å². The summed E-state index contributed by atoms with van der Waals surface area (Å²) in [7, 11) is 0. The van der Waals surface area contributed by atoms with E-state index in [1.54, 1.807) is 12.3 Å². The Hall–Kier alpha value is -4.26. The third-order valence-corrected chi connectivity index (χ3v) is 5.17. The molecule has 5 rings (SSSR count). The first-order chi connectivity index (χ1) is 15.7. The molecule has 0 saturated heterocycles. The van der Waals surface area contributed by atoms with Crippen LogP contribution in [0.5, 0.6) is 5.75 Å². The molecule has 2 aliphatic heterocycles. The van der Waals surface area contributed by atoms with Crippen LogP contribution in [0, 0.1) is 0 Å². The molecule has 1 aromatic heterocycles. The van der Waals surface area contributed by atoms with Crippen LogP contribution >= 0.6 is 0 Å². The third-order valence-electron chi connectivity index (χ3n) is 5.17. The number of nitrogens with zero attached hydrogens (tertiary/aromatic N) is 4. The molecule has 7 nitrogen and oxygen atoms in total. The van der Waals surface area contributed by atoms with Gasteiger partial charge in [-0.2, -0.15) is 0 Å². The number of ether oxygens (including phenoxy) is 1. The summed E-state index contributed by atoms with van der Waals surface area (Å²) < 4.78 is 6.05. The summed E-state index contributed by atoms with van der Waals surface area (Å²) in [5.41, 5.74) is 1.88. The molecular formula is C25H21N5O2. The van der Waals surface area contributed by atoms with Gasteiger partial charge in [-0.3, -0.25) is 4.79 Å². The van der Waals surface area contributed by atoms with Crippen LogP contribution in [0.3, 0.4) is 0 Å². The van der Waals surface area contributed by atoms with Crippen LogP contribution in [0.1, 0.15) is 0 Å². The van der Waals surface area contributed by atoms with Crippen LogP contribution in [-0.4, -0.2) is 40.5 Å². The number of fused-ring (bicyclic) bond motifs is 4. The standard InChI is InChI=1S/C25H21N5O2/c31-24-15-30-12-4-5-18(14-30)16-32-20-9-10-23-21(13-20)25(28-17-27-23)29-22-8-2-1-6-19(22)7-3-11-26-24/h1-13,17H,14-16H2,(H,26,31)/b11-3-,19-7-,29-22-. The number of aromatic nitrogens is 2. The van der Waals surface area contributed by atoms with Crippen molar-refractivity contribution in [3.8, 4) is 5.75 Å². The lowest BCUT2D eigenvalue weighted by Gasteiger charge is -2.24. The molecule has 4 bridgehead atoms. The highest BCUT2D eigenvalue weighted by molar-refractivity contribution is 5.88. The van der Waals surface area contributed by atoms with Crippen LogP contribution in [0.4, 0.5) is 5.82 Å². The second-order valence-corrected chi connectivity index (χ2v) is 7.50.